The average molecular weight is 433 g/mol. The Bertz CT molecular complexity index is 995. The molecule has 13 heteroatoms. The number of nitrogens with zero attached hydrogens (tertiary/aromatic N) is 2. The lowest BCUT2D eigenvalue weighted by Crippen LogP contribution is -2.49. The third-order valence-electron chi connectivity index (χ3n) is 3.58. The van der Waals surface area contributed by atoms with Gasteiger partial charge in [-0.15, -0.1) is 0 Å². The SMILES string of the molecule is Cc1ccccc1OCC(=O)NNC(=S)NC(=O)c1cc([N+](=O)[O-])cc([N+](=O)[O-])c1. The van der Waals surface area contributed by atoms with Crippen LogP contribution in [0, 0.1) is 27.2 Å². The molecule has 0 aliphatic heterocycles. The van der Waals surface area contributed by atoms with Gasteiger partial charge in [-0.05, 0) is 30.8 Å². The highest BCUT2D eigenvalue weighted by atomic mass is 32.1. The number of ether oxygens (including phenoxy) is 1. The third-order valence-corrected chi connectivity index (χ3v) is 3.79. The number of nitro groups is 2. The first-order valence-corrected chi connectivity index (χ1v) is 8.60. The highest BCUT2D eigenvalue weighted by molar-refractivity contribution is 7.80. The number of non-ortho nitro benzene ring substituents is 2. The van der Waals surface area contributed by atoms with E-state index in [4.69, 9.17) is 17.0 Å². The molecule has 2 rings (SSSR count). The highest BCUT2D eigenvalue weighted by Gasteiger charge is 2.20. The number of benzene rings is 2. The van der Waals surface area contributed by atoms with Crippen molar-refractivity contribution in [2.24, 2.45) is 0 Å². The number of hydrazine groups is 1. The molecular formula is C17H15N5O7S. The normalized spacial score (nSPS) is 9.90. The van der Waals surface area contributed by atoms with E-state index in [9.17, 15) is 29.8 Å². The van der Waals surface area contributed by atoms with Gasteiger partial charge in [-0.25, -0.2) is 0 Å². The summed E-state index contributed by atoms with van der Waals surface area (Å²) in [7, 11) is 0. The third kappa shape index (κ3) is 6.20. The first-order chi connectivity index (χ1) is 14.2. The number of thiocarbonyl (C=S) groups is 1. The molecule has 156 valence electrons. The van der Waals surface area contributed by atoms with Crippen LogP contribution in [0.1, 0.15) is 15.9 Å². The second kappa shape index (κ2) is 9.88. The van der Waals surface area contributed by atoms with Crippen LogP contribution in [0.3, 0.4) is 0 Å². The van der Waals surface area contributed by atoms with E-state index in [0.29, 0.717) is 5.75 Å². The van der Waals surface area contributed by atoms with Crippen LogP contribution in [0.5, 0.6) is 5.75 Å². The van der Waals surface area contributed by atoms with E-state index in [-0.39, 0.29) is 17.3 Å². The van der Waals surface area contributed by atoms with Crippen LogP contribution in [0.4, 0.5) is 11.4 Å². The molecule has 12 nitrogen and oxygen atoms in total. The van der Waals surface area contributed by atoms with Crippen LogP contribution in [0.2, 0.25) is 0 Å². The fraction of sp³-hybridized carbons (Fsp3) is 0.118. The summed E-state index contributed by atoms with van der Waals surface area (Å²) in [5, 5.41) is 23.6. The van der Waals surface area contributed by atoms with E-state index >= 15 is 0 Å². The number of hydrogen-bond acceptors (Lipinski definition) is 8. The smallest absolute Gasteiger partial charge is 0.277 e. The maximum atomic E-state index is 12.2. The topological polar surface area (TPSA) is 166 Å². The number of nitro benzene ring substituents is 2. The monoisotopic (exact) mass is 433 g/mol. The van der Waals surface area contributed by atoms with E-state index in [1.165, 1.54) is 0 Å². The van der Waals surface area contributed by atoms with Gasteiger partial charge in [0, 0.05) is 12.1 Å². The van der Waals surface area contributed by atoms with Crippen LogP contribution in [0.25, 0.3) is 0 Å². The van der Waals surface area contributed by atoms with Crippen LogP contribution in [0.15, 0.2) is 42.5 Å². The molecule has 0 aliphatic carbocycles. The zero-order chi connectivity index (χ0) is 22.3. The molecule has 0 saturated carbocycles. The molecule has 2 amide bonds. The van der Waals surface area contributed by atoms with Gasteiger partial charge in [-0.1, -0.05) is 18.2 Å². The van der Waals surface area contributed by atoms with E-state index < -0.39 is 33.0 Å². The molecule has 0 unspecified atom stereocenters. The van der Waals surface area contributed by atoms with E-state index in [1.54, 1.807) is 12.1 Å². The van der Waals surface area contributed by atoms with Crippen LogP contribution < -0.4 is 20.9 Å². The minimum Gasteiger partial charge on any atom is -0.483 e. The van der Waals surface area contributed by atoms with Gasteiger partial charge >= 0.3 is 0 Å². The van der Waals surface area contributed by atoms with Crippen LogP contribution in [-0.2, 0) is 4.79 Å². The average Bonchev–Trinajstić information content (AvgIpc) is 2.71. The number of nitrogens with one attached hydrogen (secondary N) is 3. The molecule has 0 radical (unpaired) electrons. The summed E-state index contributed by atoms with van der Waals surface area (Å²) in [5.74, 6) is -1.01. The molecule has 0 aliphatic rings. The van der Waals surface area contributed by atoms with Gasteiger partial charge in [-0.2, -0.15) is 0 Å². The van der Waals surface area contributed by atoms with Crippen LogP contribution in [-0.4, -0.2) is 33.4 Å². The molecule has 30 heavy (non-hydrogen) atoms. The van der Waals surface area contributed by atoms with Crippen molar-refractivity contribution in [3.05, 3.63) is 73.8 Å². The van der Waals surface area contributed by atoms with Crippen molar-refractivity contribution < 1.29 is 24.2 Å². The Morgan fingerprint density at radius 3 is 2.20 bits per heavy atom. The predicted octanol–water partition coefficient (Wildman–Crippen LogP) is 1.53. The minimum absolute atomic E-state index is 0.328. The van der Waals surface area contributed by atoms with Gasteiger partial charge in [0.25, 0.3) is 23.2 Å². The number of hydrogen-bond donors (Lipinski definition) is 3. The summed E-state index contributed by atoms with van der Waals surface area (Å²) in [6.45, 7) is 1.49. The molecule has 2 aromatic rings. The molecule has 0 atom stereocenters. The van der Waals surface area contributed by atoms with Crippen molar-refractivity contribution in [2.45, 2.75) is 6.92 Å². The summed E-state index contributed by atoms with van der Waals surface area (Å²) >= 11 is 4.85. The maximum absolute atomic E-state index is 12.2. The molecule has 0 aromatic heterocycles. The fourth-order valence-electron chi connectivity index (χ4n) is 2.17. The number of amides is 2. The van der Waals surface area contributed by atoms with Crippen molar-refractivity contribution in [2.75, 3.05) is 6.61 Å². The van der Waals surface area contributed by atoms with Crippen molar-refractivity contribution in [1.82, 2.24) is 16.2 Å². The molecular weight excluding hydrogens is 418 g/mol. The summed E-state index contributed by atoms with van der Waals surface area (Å²) in [4.78, 5) is 44.0. The lowest BCUT2D eigenvalue weighted by Gasteiger charge is -2.12. The van der Waals surface area contributed by atoms with Gasteiger partial charge in [0.2, 0.25) is 0 Å². The van der Waals surface area contributed by atoms with E-state index in [2.05, 4.69) is 16.2 Å². The van der Waals surface area contributed by atoms with Gasteiger partial charge < -0.3 is 4.74 Å². The number of carbonyl (C=O) groups excluding carboxylic acids is 2. The second-order valence-electron chi connectivity index (χ2n) is 5.76. The zero-order valence-electron chi connectivity index (χ0n) is 15.4. The first-order valence-electron chi connectivity index (χ1n) is 8.20. The molecule has 0 fully saturated rings. The Balaban J connectivity index is 1.91. The van der Waals surface area contributed by atoms with Gasteiger partial charge in [-0.3, -0.25) is 46.0 Å². The highest BCUT2D eigenvalue weighted by Crippen LogP contribution is 2.22. The quantitative estimate of drug-likeness (QED) is 0.348. The van der Waals surface area contributed by atoms with Crippen molar-refractivity contribution in [3.8, 4) is 5.75 Å². The second-order valence-corrected chi connectivity index (χ2v) is 6.17. The Morgan fingerprint density at radius 1 is 1.03 bits per heavy atom. The molecule has 3 N–H and O–H groups in total. The number of rotatable bonds is 6. The summed E-state index contributed by atoms with van der Waals surface area (Å²) in [5.41, 5.74) is 3.69. The standard InChI is InChI=1S/C17H15N5O7S/c1-10-4-2-3-5-14(10)29-9-15(23)19-20-17(30)18-16(24)11-6-12(21(25)26)8-13(7-11)22(27)28/h2-8H,9H2,1H3,(H,19,23)(H2,18,20,24,30). The van der Waals surface area contributed by atoms with Gasteiger partial charge in [0.1, 0.15) is 5.75 Å². The van der Waals surface area contributed by atoms with Crippen molar-refractivity contribution in [3.63, 3.8) is 0 Å². The van der Waals surface area contributed by atoms with E-state index in [1.807, 2.05) is 19.1 Å². The Hall–Kier alpha value is -4.13. The lowest BCUT2D eigenvalue weighted by atomic mass is 10.1. The first kappa shape index (κ1) is 22.2. The molecule has 0 heterocycles. The molecule has 0 bridgehead atoms. The Kier molecular flexibility index (Phi) is 7.30. The summed E-state index contributed by atoms with van der Waals surface area (Å²) < 4.78 is 5.34. The maximum Gasteiger partial charge on any atom is 0.277 e. The minimum atomic E-state index is -0.940. The fourth-order valence-corrected chi connectivity index (χ4v) is 2.31. The van der Waals surface area contributed by atoms with Crippen molar-refractivity contribution in [1.29, 1.82) is 0 Å². The van der Waals surface area contributed by atoms with Gasteiger partial charge in [0.15, 0.2) is 11.7 Å². The number of carbonyl (C=O) groups is 2. The summed E-state index contributed by atoms with van der Waals surface area (Å²) in [6.07, 6.45) is 0. The van der Waals surface area contributed by atoms with Crippen molar-refractivity contribution >= 4 is 40.5 Å². The predicted molar refractivity (Wildman–Crippen MR) is 108 cm³/mol. The van der Waals surface area contributed by atoms with Crippen LogP contribution >= 0.6 is 12.2 Å². The largest absolute Gasteiger partial charge is 0.483 e. The number of aryl methyl sites for hydroxylation is 1. The number of para-hydroxylation sites is 1. The van der Waals surface area contributed by atoms with E-state index in [0.717, 1.165) is 23.8 Å². The molecule has 0 saturated heterocycles. The summed E-state index contributed by atoms with van der Waals surface area (Å²) in [6, 6.07) is 9.52. The Morgan fingerprint density at radius 2 is 1.63 bits per heavy atom. The lowest BCUT2D eigenvalue weighted by molar-refractivity contribution is -0.394. The molecule has 0 spiro atoms. The Labute approximate surface area is 174 Å². The zero-order valence-corrected chi connectivity index (χ0v) is 16.2. The molecule has 2 aromatic carbocycles. The van der Waals surface area contributed by atoms with Gasteiger partial charge in [0.05, 0.1) is 21.5 Å².